The molecule has 2 aliphatic heterocycles. The molecule has 9 nitrogen and oxygen atoms in total. The molecule has 9 heteroatoms. The Morgan fingerprint density at radius 2 is 1.88 bits per heavy atom. The van der Waals surface area contributed by atoms with Crippen LogP contribution in [0.5, 0.6) is 11.5 Å². The quantitative estimate of drug-likeness (QED) is 0.596. The molecule has 3 aromatic rings. The van der Waals surface area contributed by atoms with Crippen molar-refractivity contribution in [3.05, 3.63) is 52.2 Å². The Morgan fingerprint density at radius 3 is 2.65 bits per heavy atom. The van der Waals surface area contributed by atoms with Crippen LogP contribution in [0.15, 0.2) is 45.6 Å². The van der Waals surface area contributed by atoms with Gasteiger partial charge in [0.05, 0.1) is 17.5 Å². The molecule has 3 heterocycles. The van der Waals surface area contributed by atoms with Crippen LogP contribution in [-0.4, -0.2) is 43.1 Å². The summed E-state index contributed by atoms with van der Waals surface area (Å²) in [4.78, 5) is 39.8. The first-order valence-corrected chi connectivity index (χ1v) is 11.2. The van der Waals surface area contributed by atoms with Gasteiger partial charge in [0.2, 0.25) is 29.9 Å². The third-order valence-electron chi connectivity index (χ3n) is 6.39. The van der Waals surface area contributed by atoms with Crippen LogP contribution in [0.25, 0.3) is 22.1 Å². The van der Waals surface area contributed by atoms with E-state index in [-0.39, 0.29) is 47.9 Å². The van der Waals surface area contributed by atoms with E-state index in [4.69, 9.17) is 19.6 Å². The van der Waals surface area contributed by atoms with Crippen LogP contribution in [0.4, 0.5) is 5.88 Å². The summed E-state index contributed by atoms with van der Waals surface area (Å²) in [5.74, 6) is 0.438. The number of ether oxygens (including phenoxy) is 2. The lowest BCUT2D eigenvalue weighted by Gasteiger charge is -2.29. The summed E-state index contributed by atoms with van der Waals surface area (Å²) in [6.45, 7) is 3.26. The number of primary amides is 1. The minimum Gasteiger partial charge on any atom is -0.454 e. The summed E-state index contributed by atoms with van der Waals surface area (Å²) in [6.07, 6.45) is 1.24. The number of hydrogen-bond donors (Lipinski definition) is 2. The highest BCUT2D eigenvalue weighted by molar-refractivity contribution is 5.97. The Labute approximate surface area is 195 Å². The molecule has 0 radical (unpaired) electrons. The zero-order chi connectivity index (χ0) is 23.8. The minimum absolute atomic E-state index is 0.0858. The zero-order valence-electron chi connectivity index (χ0n) is 18.8. The lowest BCUT2D eigenvalue weighted by molar-refractivity contribution is -0.123. The molecular formula is C25H25N3O6. The maximum atomic E-state index is 13.5. The molecule has 0 unspecified atom stereocenters. The van der Waals surface area contributed by atoms with Crippen LogP contribution in [-0.2, 0) is 9.59 Å². The molecule has 0 aliphatic carbocycles. The maximum Gasteiger partial charge on any atom is 0.240 e. The van der Waals surface area contributed by atoms with E-state index in [9.17, 15) is 14.4 Å². The highest BCUT2D eigenvalue weighted by atomic mass is 16.7. The number of amides is 2. The number of nitrogens with two attached hydrogens (primary N) is 1. The second kappa shape index (κ2) is 8.83. The third kappa shape index (κ3) is 4.10. The van der Waals surface area contributed by atoms with Gasteiger partial charge >= 0.3 is 0 Å². The molecule has 1 saturated heterocycles. The van der Waals surface area contributed by atoms with Gasteiger partial charge in [-0.25, -0.2) is 0 Å². The number of nitrogens with one attached hydrogen (secondary N) is 1. The van der Waals surface area contributed by atoms with Crippen molar-refractivity contribution in [3.8, 4) is 22.6 Å². The van der Waals surface area contributed by atoms with Gasteiger partial charge < -0.3 is 19.6 Å². The van der Waals surface area contributed by atoms with Crippen LogP contribution in [0.1, 0.15) is 18.4 Å². The highest BCUT2D eigenvalue weighted by Crippen LogP contribution is 2.38. The second-order valence-electron chi connectivity index (χ2n) is 8.66. The van der Waals surface area contributed by atoms with Crippen LogP contribution < -0.4 is 26.0 Å². The number of carbonyl (C=O) groups excluding carboxylic acids is 2. The Kier molecular flexibility index (Phi) is 5.70. The maximum absolute atomic E-state index is 13.5. The second-order valence-corrected chi connectivity index (χ2v) is 8.66. The zero-order valence-corrected chi connectivity index (χ0v) is 18.8. The van der Waals surface area contributed by atoms with Gasteiger partial charge in [-0.15, -0.1) is 0 Å². The standard InChI is InChI=1S/C25H25N3O6/c1-14-3-2-4-17-22(30)21(16-5-6-18-19(11-16)33-13-32-18)25(34-23(14)17)27-20(29)12-28-9-7-15(8-10-28)24(26)31/h2-6,11,15H,7-10,12-13H2,1H3,(H2,26,31)(H,27,29). The van der Waals surface area contributed by atoms with Gasteiger partial charge in [0.15, 0.2) is 11.5 Å². The number of rotatable bonds is 5. The number of carbonyl (C=O) groups is 2. The number of hydrogen-bond acceptors (Lipinski definition) is 7. The van der Waals surface area contributed by atoms with Crippen molar-refractivity contribution in [2.75, 3.05) is 31.7 Å². The summed E-state index contributed by atoms with van der Waals surface area (Å²) in [5, 5.41) is 3.24. The number of likely N-dealkylation sites (tertiary alicyclic amines) is 1. The molecule has 0 atom stereocenters. The van der Waals surface area contributed by atoms with Gasteiger partial charge in [-0.05, 0) is 62.2 Å². The average molecular weight is 463 g/mol. The molecule has 176 valence electrons. The lowest BCUT2D eigenvalue weighted by Crippen LogP contribution is -2.42. The fourth-order valence-electron chi connectivity index (χ4n) is 4.50. The number of anilines is 1. The van der Waals surface area contributed by atoms with Gasteiger partial charge in [-0.3, -0.25) is 24.6 Å². The number of aryl methyl sites for hydroxylation is 1. The topological polar surface area (TPSA) is 124 Å². The minimum atomic E-state index is -0.310. The monoisotopic (exact) mass is 463 g/mol. The SMILES string of the molecule is Cc1cccc2c(=O)c(-c3ccc4c(c3)OCO4)c(NC(=O)CN3CCC(C(N)=O)CC3)oc12. The number of para-hydroxylation sites is 1. The summed E-state index contributed by atoms with van der Waals surface area (Å²) >= 11 is 0. The van der Waals surface area contributed by atoms with E-state index in [1.165, 1.54) is 0 Å². The Hall–Kier alpha value is -3.85. The molecular weight excluding hydrogens is 438 g/mol. The molecule has 1 aromatic heterocycles. The first kappa shape index (κ1) is 22.0. The van der Waals surface area contributed by atoms with E-state index in [0.29, 0.717) is 54.0 Å². The Bertz CT molecular complexity index is 1340. The molecule has 5 rings (SSSR count). The number of fused-ring (bicyclic) bond motifs is 2. The van der Waals surface area contributed by atoms with E-state index < -0.39 is 0 Å². The third-order valence-corrected chi connectivity index (χ3v) is 6.39. The van der Waals surface area contributed by atoms with Gasteiger partial charge in [0.25, 0.3) is 0 Å². The van der Waals surface area contributed by atoms with Crippen molar-refractivity contribution in [2.24, 2.45) is 11.7 Å². The van der Waals surface area contributed by atoms with E-state index >= 15 is 0 Å². The van der Waals surface area contributed by atoms with Gasteiger partial charge in [0.1, 0.15) is 5.58 Å². The molecule has 2 aromatic carbocycles. The molecule has 0 bridgehead atoms. The van der Waals surface area contributed by atoms with Crippen LogP contribution in [0.2, 0.25) is 0 Å². The molecule has 3 N–H and O–H groups in total. The lowest BCUT2D eigenvalue weighted by atomic mass is 9.96. The predicted octanol–water partition coefficient (Wildman–Crippen LogP) is 2.63. The number of piperidine rings is 1. The van der Waals surface area contributed by atoms with Gasteiger partial charge in [0, 0.05) is 5.92 Å². The summed E-state index contributed by atoms with van der Waals surface area (Å²) in [5.41, 5.74) is 7.16. The highest BCUT2D eigenvalue weighted by Gasteiger charge is 2.26. The Morgan fingerprint density at radius 1 is 1.12 bits per heavy atom. The van der Waals surface area contributed by atoms with Crippen molar-refractivity contribution in [3.63, 3.8) is 0 Å². The van der Waals surface area contributed by atoms with Crippen molar-refractivity contribution >= 4 is 28.7 Å². The predicted molar refractivity (Wildman–Crippen MR) is 126 cm³/mol. The summed E-state index contributed by atoms with van der Waals surface area (Å²) < 4.78 is 17.0. The molecule has 34 heavy (non-hydrogen) atoms. The van der Waals surface area contributed by atoms with Gasteiger partial charge in [-0.1, -0.05) is 18.2 Å². The van der Waals surface area contributed by atoms with Crippen molar-refractivity contribution in [1.82, 2.24) is 4.90 Å². The van der Waals surface area contributed by atoms with E-state index in [0.717, 1.165) is 5.56 Å². The van der Waals surface area contributed by atoms with Crippen molar-refractivity contribution < 1.29 is 23.5 Å². The number of nitrogens with zero attached hydrogens (tertiary/aromatic N) is 1. The molecule has 0 spiro atoms. The summed E-state index contributed by atoms with van der Waals surface area (Å²) in [6, 6.07) is 10.5. The fourth-order valence-corrected chi connectivity index (χ4v) is 4.50. The molecule has 1 fully saturated rings. The van der Waals surface area contributed by atoms with Crippen molar-refractivity contribution in [1.29, 1.82) is 0 Å². The summed E-state index contributed by atoms with van der Waals surface area (Å²) in [7, 11) is 0. The van der Waals surface area contributed by atoms with Crippen molar-refractivity contribution in [2.45, 2.75) is 19.8 Å². The Balaban J connectivity index is 1.48. The van der Waals surface area contributed by atoms with E-state index in [1.807, 2.05) is 17.9 Å². The van der Waals surface area contributed by atoms with Crippen LogP contribution in [0.3, 0.4) is 0 Å². The fraction of sp³-hybridized carbons (Fsp3) is 0.320. The van der Waals surface area contributed by atoms with Crippen LogP contribution in [0, 0.1) is 12.8 Å². The van der Waals surface area contributed by atoms with E-state index in [2.05, 4.69) is 5.32 Å². The first-order valence-electron chi connectivity index (χ1n) is 11.2. The smallest absolute Gasteiger partial charge is 0.240 e. The molecule has 2 amide bonds. The normalized spacial score (nSPS) is 16.0. The number of benzene rings is 2. The largest absolute Gasteiger partial charge is 0.454 e. The van der Waals surface area contributed by atoms with E-state index in [1.54, 1.807) is 30.3 Å². The molecule has 2 aliphatic rings. The average Bonchev–Trinajstić information content (AvgIpc) is 3.28. The van der Waals surface area contributed by atoms with Gasteiger partial charge in [-0.2, -0.15) is 0 Å². The first-order chi connectivity index (χ1) is 16.4. The van der Waals surface area contributed by atoms with Crippen LogP contribution >= 0.6 is 0 Å². The molecule has 0 saturated carbocycles.